The monoisotopic (exact) mass is 1130 g/mol. The predicted molar refractivity (Wildman–Crippen MR) is 307 cm³/mol. The molecule has 19 nitrogen and oxygen atoms in total. The highest BCUT2D eigenvalue weighted by atomic mass is 16.7. The van der Waals surface area contributed by atoms with Crippen LogP contribution in [0.2, 0.25) is 0 Å². The summed E-state index contributed by atoms with van der Waals surface area (Å²) in [4.78, 5) is 30.9. The number of cyclic esters (lactones) is 1. The summed E-state index contributed by atoms with van der Waals surface area (Å²) in [5, 5.41) is 68.9. The first kappa shape index (κ1) is 64.1. The average molecular weight is 1130 g/mol. The van der Waals surface area contributed by atoms with Gasteiger partial charge in [0, 0.05) is 74.7 Å². The number of esters is 1. The first-order valence-electron chi connectivity index (χ1n) is 29.2. The Morgan fingerprint density at radius 3 is 2.19 bits per heavy atom. The van der Waals surface area contributed by atoms with Gasteiger partial charge in [0.05, 0.1) is 47.7 Å². The number of benzene rings is 2. The van der Waals surface area contributed by atoms with Crippen LogP contribution in [0.1, 0.15) is 124 Å². The fourth-order valence-electron chi connectivity index (χ4n) is 12.6. The largest absolute Gasteiger partial charge is 0.459 e. The number of ether oxygens (including phenoxy) is 6. The van der Waals surface area contributed by atoms with Gasteiger partial charge in [-0.2, -0.15) is 0 Å². The predicted octanol–water partition coefficient (Wildman–Crippen LogP) is 6.21. The van der Waals surface area contributed by atoms with E-state index in [-0.39, 0.29) is 36.8 Å². The van der Waals surface area contributed by atoms with E-state index in [1.54, 1.807) is 52.2 Å². The molecule has 3 aliphatic heterocycles. The van der Waals surface area contributed by atoms with Crippen molar-refractivity contribution in [1.29, 1.82) is 0 Å². The number of methoxy groups -OCH3 is 1. The fourth-order valence-corrected chi connectivity index (χ4v) is 12.6. The minimum atomic E-state index is -1.84. The van der Waals surface area contributed by atoms with E-state index in [2.05, 4.69) is 27.3 Å². The summed E-state index contributed by atoms with van der Waals surface area (Å²) in [5.74, 6) is -2.79. The number of hydrogen-bond donors (Lipinski definition) is 5. The van der Waals surface area contributed by atoms with Crippen LogP contribution in [0.5, 0.6) is 0 Å². The maximum atomic E-state index is 14.6. The molecule has 18 atom stereocenters. The molecule has 81 heavy (non-hydrogen) atoms. The van der Waals surface area contributed by atoms with Gasteiger partial charge < -0.3 is 58.9 Å². The molecule has 3 fully saturated rings. The highest BCUT2D eigenvalue weighted by molar-refractivity contribution is 5.73. The van der Waals surface area contributed by atoms with Gasteiger partial charge >= 0.3 is 5.97 Å². The lowest BCUT2D eigenvalue weighted by Crippen LogP contribution is -2.60. The average Bonchev–Trinajstić information content (AvgIpc) is 4.06. The molecule has 5 heterocycles. The lowest BCUT2D eigenvalue weighted by Gasteiger charge is -2.49. The molecule has 450 valence electrons. The van der Waals surface area contributed by atoms with Gasteiger partial charge in [-0.1, -0.05) is 68.4 Å². The summed E-state index contributed by atoms with van der Waals surface area (Å²) in [6.45, 7) is 21.2. The highest BCUT2D eigenvalue weighted by Gasteiger charge is 2.53. The summed E-state index contributed by atoms with van der Waals surface area (Å²) >= 11 is 0. The Kier molecular flexibility index (Phi) is 21.4. The van der Waals surface area contributed by atoms with Crippen LogP contribution in [-0.4, -0.2) is 179 Å². The molecule has 3 aliphatic rings. The molecule has 7 rings (SSSR count). The van der Waals surface area contributed by atoms with Crippen molar-refractivity contribution >= 4 is 5.97 Å². The van der Waals surface area contributed by atoms with Crippen LogP contribution in [0.15, 0.2) is 77.9 Å². The van der Waals surface area contributed by atoms with Crippen molar-refractivity contribution in [3.8, 4) is 16.9 Å². The fraction of sp³-hybridized carbons (Fsp3) is 0.677. The Morgan fingerprint density at radius 2 is 1.52 bits per heavy atom. The van der Waals surface area contributed by atoms with E-state index < -0.39 is 102 Å². The molecule has 2 aromatic heterocycles. The first-order valence-corrected chi connectivity index (χ1v) is 29.2. The number of pyridine rings is 1. The number of rotatable bonds is 16. The molecule has 0 radical (unpaired) electrons. The van der Waals surface area contributed by atoms with Crippen molar-refractivity contribution in [3.63, 3.8) is 0 Å². The summed E-state index contributed by atoms with van der Waals surface area (Å²) < 4.78 is 42.1. The molecule has 4 aromatic rings. The van der Waals surface area contributed by atoms with E-state index >= 15 is 0 Å². The zero-order valence-corrected chi connectivity index (χ0v) is 50.3. The van der Waals surface area contributed by atoms with Crippen LogP contribution in [0.4, 0.5) is 0 Å². The summed E-state index contributed by atoms with van der Waals surface area (Å²) in [6.07, 6.45) is -2.48. The van der Waals surface area contributed by atoms with Crippen LogP contribution < -0.4 is 5.56 Å². The van der Waals surface area contributed by atoms with Crippen molar-refractivity contribution in [2.45, 2.75) is 224 Å². The maximum Gasteiger partial charge on any atom is 0.311 e. The van der Waals surface area contributed by atoms with Gasteiger partial charge in [0.2, 0.25) is 0 Å². The molecular formula is C62H94N6O13. The molecule has 3 saturated heterocycles. The van der Waals surface area contributed by atoms with Gasteiger partial charge in [-0.3, -0.25) is 23.7 Å². The maximum absolute atomic E-state index is 14.6. The minimum absolute atomic E-state index is 0.0532. The van der Waals surface area contributed by atoms with Crippen LogP contribution in [-0.2, 0) is 52.7 Å². The minimum Gasteiger partial charge on any atom is -0.459 e. The molecule has 19 heteroatoms. The Balaban J connectivity index is 1.05. The lowest BCUT2D eigenvalue weighted by molar-refractivity contribution is -0.318. The van der Waals surface area contributed by atoms with Crippen molar-refractivity contribution in [2.24, 2.45) is 17.8 Å². The van der Waals surface area contributed by atoms with Gasteiger partial charge in [0.15, 0.2) is 12.6 Å². The number of likely N-dealkylation sites (N-methyl/N-ethyl adjacent to an activating group) is 2. The third kappa shape index (κ3) is 15.3. The number of carbonyl (C=O) groups excluding carboxylic acids is 1. The molecule has 0 unspecified atom stereocenters. The molecule has 0 bridgehead atoms. The Labute approximate surface area is 479 Å². The summed E-state index contributed by atoms with van der Waals surface area (Å²) in [6, 6.07) is 18.7. The van der Waals surface area contributed by atoms with E-state index in [9.17, 15) is 35.1 Å². The number of aryl methyl sites for hydroxylation is 3. The van der Waals surface area contributed by atoms with Gasteiger partial charge in [-0.15, -0.1) is 5.10 Å². The second-order valence-corrected chi connectivity index (χ2v) is 24.7. The molecule has 2 aromatic carbocycles. The lowest BCUT2D eigenvalue weighted by atomic mass is 9.77. The number of carbonyl (C=O) groups is 1. The second-order valence-electron chi connectivity index (χ2n) is 24.7. The number of unbranched alkanes of at least 4 members (excludes halogenated alkanes) is 1. The van der Waals surface area contributed by atoms with Crippen molar-refractivity contribution in [2.75, 3.05) is 27.7 Å². The quantitative estimate of drug-likeness (QED) is 0.0620. The smallest absolute Gasteiger partial charge is 0.311 e. The van der Waals surface area contributed by atoms with Crippen LogP contribution in [0, 0.1) is 24.7 Å². The van der Waals surface area contributed by atoms with Gasteiger partial charge in [-0.25, -0.2) is 0 Å². The van der Waals surface area contributed by atoms with Crippen molar-refractivity contribution in [3.05, 3.63) is 100 Å². The second kappa shape index (κ2) is 27.0. The van der Waals surface area contributed by atoms with E-state index in [1.807, 2.05) is 106 Å². The highest BCUT2D eigenvalue weighted by Crippen LogP contribution is 2.40. The zero-order chi connectivity index (χ0) is 59.3. The SMILES string of the molecule is CC[C@H]1OC(=O)[C@H](C)[C@@H](O[C@H]2C[C@@](C)(OC)[C@@H](O)[C@H](C)O2)[C@H](C)[C@@H](O[C@@H]2O[C@H](C)C[C@H](N(C)Cc3ccc(-c4cn(CCCCc5ccc(-n6cc(C)ccc6=O)cc5)nn4)cc3)[C@H]2O)[C@](C)(O)C[C@@H](C)CN(C)[C@H](C)[C@@H](O)[C@]1(C)O. The van der Waals surface area contributed by atoms with Gasteiger partial charge in [0.25, 0.3) is 5.56 Å². The summed E-state index contributed by atoms with van der Waals surface area (Å²) in [7, 11) is 5.31. The number of aliphatic hydroxyl groups excluding tert-OH is 3. The zero-order valence-electron chi connectivity index (χ0n) is 50.3. The van der Waals surface area contributed by atoms with E-state index in [1.165, 1.54) is 19.6 Å². The number of aromatic nitrogens is 4. The first-order chi connectivity index (χ1) is 38.2. The van der Waals surface area contributed by atoms with Crippen molar-refractivity contribution < 1.29 is 58.7 Å². The Morgan fingerprint density at radius 1 is 0.840 bits per heavy atom. The van der Waals surface area contributed by atoms with Crippen LogP contribution >= 0.6 is 0 Å². The molecule has 0 amide bonds. The van der Waals surface area contributed by atoms with E-state index in [0.717, 1.165) is 53.9 Å². The van der Waals surface area contributed by atoms with E-state index in [4.69, 9.17) is 28.4 Å². The summed E-state index contributed by atoms with van der Waals surface area (Å²) in [5.41, 5.74) is 1.20. The Bertz CT molecular complexity index is 2700. The van der Waals surface area contributed by atoms with Gasteiger partial charge in [-0.05, 0) is 143 Å². The number of aliphatic hydroxyl groups is 5. The Hall–Kier alpha value is -4.48. The third-order valence-corrected chi connectivity index (χ3v) is 17.7. The topological polar surface area (TPSA) is 233 Å². The molecule has 0 spiro atoms. The third-order valence-electron chi connectivity index (χ3n) is 17.7. The number of hydrogen-bond acceptors (Lipinski definition) is 17. The number of nitrogens with zero attached hydrogens (tertiary/aromatic N) is 6. The standard InChI is InChI=1S/C62H94N6O13/c1-15-50-62(11,75)55(71)42(7)65(12)33-38(3)31-60(9,74)57(40(5)54(41(6)58(73)79-50)80-52-32-61(10,76-14)56(72)43(8)78-52)81-59-53(70)49(30-39(4)77-59)66(13)35-45-20-24-46(25-21-45)48-36-67(64-63-48)29-17-16-18-44-22-26-47(27-23-44)68-34-37(2)19-28-51(68)69/h19-28,34,36,38-43,49-50,52-57,59,70-72,74-75H,15-18,29-33,35H2,1-14H3/t38-,39-,40+,41-,42-,43+,49+,50-,52+,53-,54+,55-,56+,57-,59+,60-,61-,62-/m1/s1. The molecule has 0 saturated carbocycles. The molecule has 5 N–H and O–H groups in total. The van der Waals surface area contributed by atoms with Gasteiger partial charge in [0.1, 0.15) is 35.7 Å². The van der Waals surface area contributed by atoms with Crippen LogP contribution in [0.25, 0.3) is 16.9 Å². The molecule has 0 aliphatic carbocycles. The van der Waals surface area contributed by atoms with E-state index in [0.29, 0.717) is 19.5 Å². The normalized spacial score (nSPS) is 36.0. The van der Waals surface area contributed by atoms with Crippen molar-refractivity contribution in [1.82, 2.24) is 29.4 Å². The van der Waals surface area contributed by atoms with Crippen LogP contribution in [0.3, 0.4) is 0 Å². The molecular weight excluding hydrogens is 1040 g/mol.